The molecule has 1 aromatic heterocycles. The summed E-state index contributed by atoms with van der Waals surface area (Å²) in [6, 6.07) is 6.54. The number of rotatable bonds is 3. The Morgan fingerprint density at radius 2 is 2.33 bits per heavy atom. The molecule has 0 saturated carbocycles. The van der Waals surface area contributed by atoms with E-state index in [2.05, 4.69) is 15.6 Å². The van der Waals surface area contributed by atoms with E-state index in [1.807, 2.05) is 23.9 Å². The van der Waals surface area contributed by atoms with Crippen molar-refractivity contribution in [3.63, 3.8) is 0 Å². The molecule has 0 bridgehead atoms. The summed E-state index contributed by atoms with van der Waals surface area (Å²) in [5.41, 5.74) is 2.06. The molecule has 1 unspecified atom stereocenters. The zero-order chi connectivity index (χ0) is 12.5. The SMILES string of the molecule is ClCCc1nc2c(Cl)cccc2n1C1CCSC1. The van der Waals surface area contributed by atoms with Gasteiger partial charge in [0, 0.05) is 24.1 Å². The molecule has 2 nitrogen and oxygen atoms in total. The van der Waals surface area contributed by atoms with Crippen LogP contribution >= 0.6 is 35.0 Å². The van der Waals surface area contributed by atoms with Gasteiger partial charge >= 0.3 is 0 Å². The fraction of sp³-hybridized carbons (Fsp3) is 0.462. The fourth-order valence-electron chi connectivity index (χ4n) is 2.53. The molecule has 2 heterocycles. The van der Waals surface area contributed by atoms with Gasteiger partial charge < -0.3 is 4.57 Å². The third kappa shape index (κ3) is 2.13. The maximum absolute atomic E-state index is 6.24. The van der Waals surface area contributed by atoms with Gasteiger partial charge in [-0.2, -0.15) is 11.8 Å². The van der Waals surface area contributed by atoms with Crippen LogP contribution in [0.4, 0.5) is 0 Å². The van der Waals surface area contributed by atoms with E-state index in [9.17, 15) is 0 Å². The topological polar surface area (TPSA) is 17.8 Å². The highest BCUT2D eigenvalue weighted by molar-refractivity contribution is 7.99. The summed E-state index contributed by atoms with van der Waals surface area (Å²) < 4.78 is 2.35. The van der Waals surface area contributed by atoms with Gasteiger partial charge in [-0.1, -0.05) is 17.7 Å². The van der Waals surface area contributed by atoms with Crippen LogP contribution in [-0.4, -0.2) is 26.9 Å². The van der Waals surface area contributed by atoms with Crippen LogP contribution in [0.1, 0.15) is 18.3 Å². The molecule has 1 atom stereocenters. The Morgan fingerprint density at radius 3 is 3.06 bits per heavy atom. The third-order valence-corrected chi connectivity index (χ3v) is 4.97. The van der Waals surface area contributed by atoms with Gasteiger partial charge in [-0.05, 0) is 24.3 Å². The molecule has 1 aliphatic heterocycles. The Balaban J connectivity index is 2.18. The largest absolute Gasteiger partial charge is 0.324 e. The molecule has 2 aromatic rings. The molecule has 1 fully saturated rings. The maximum atomic E-state index is 6.24. The minimum atomic E-state index is 0.539. The van der Waals surface area contributed by atoms with E-state index >= 15 is 0 Å². The minimum absolute atomic E-state index is 0.539. The predicted molar refractivity (Wildman–Crippen MR) is 80.1 cm³/mol. The quantitative estimate of drug-likeness (QED) is 0.793. The van der Waals surface area contributed by atoms with Crippen LogP contribution in [0.3, 0.4) is 0 Å². The van der Waals surface area contributed by atoms with Crippen molar-refractivity contribution in [3.05, 3.63) is 29.0 Å². The van der Waals surface area contributed by atoms with Crippen LogP contribution in [0.5, 0.6) is 0 Å². The van der Waals surface area contributed by atoms with Crippen molar-refractivity contribution in [1.29, 1.82) is 0 Å². The first-order valence-electron chi connectivity index (χ1n) is 6.10. The van der Waals surface area contributed by atoms with Crippen LogP contribution in [0.25, 0.3) is 11.0 Å². The molecular weight excluding hydrogens is 287 g/mol. The molecule has 0 amide bonds. The van der Waals surface area contributed by atoms with Gasteiger partial charge in [0.25, 0.3) is 0 Å². The monoisotopic (exact) mass is 300 g/mol. The average molecular weight is 301 g/mol. The molecule has 5 heteroatoms. The van der Waals surface area contributed by atoms with Crippen molar-refractivity contribution in [3.8, 4) is 0 Å². The number of aromatic nitrogens is 2. The highest BCUT2D eigenvalue weighted by Gasteiger charge is 2.23. The number of aryl methyl sites for hydroxylation is 1. The van der Waals surface area contributed by atoms with Gasteiger partial charge in [0.15, 0.2) is 0 Å². The molecule has 1 aliphatic rings. The molecule has 1 saturated heterocycles. The number of thioether (sulfide) groups is 1. The Hall–Kier alpha value is -0.380. The number of para-hydroxylation sites is 1. The zero-order valence-corrected chi connectivity index (χ0v) is 12.2. The van der Waals surface area contributed by atoms with Crippen molar-refractivity contribution < 1.29 is 0 Å². The van der Waals surface area contributed by atoms with Crippen LogP contribution in [0, 0.1) is 0 Å². The highest BCUT2D eigenvalue weighted by Crippen LogP contribution is 2.34. The van der Waals surface area contributed by atoms with Gasteiger partial charge in [0.05, 0.1) is 10.5 Å². The van der Waals surface area contributed by atoms with E-state index in [1.54, 1.807) is 0 Å². The molecule has 96 valence electrons. The maximum Gasteiger partial charge on any atom is 0.111 e. The number of hydrogen-bond acceptors (Lipinski definition) is 2. The van der Waals surface area contributed by atoms with Gasteiger partial charge in [0.2, 0.25) is 0 Å². The van der Waals surface area contributed by atoms with Gasteiger partial charge in [-0.3, -0.25) is 0 Å². The average Bonchev–Trinajstić information content (AvgIpc) is 2.96. The normalized spacial score (nSPS) is 19.8. The lowest BCUT2D eigenvalue weighted by molar-refractivity contribution is 0.552. The van der Waals surface area contributed by atoms with Crippen LogP contribution in [0.15, 0.2) is 18.2 Å². The lowest BCUT2D eigenvalue weighted by Gasteiger charge is -2.15. The van der Waals surface area contributed by atoms with Crippen molar-refractivity contribution in [2.45, 2.75) is 18.9 Å². The van der Waals surface area contributed by atoms with Crippen LogP contribution in [0.2, 0.25) is 5.02 Å². The minimum Gasteiger partial charge on any atom is -0.324 e. The second-order valence-corrected chi connectivity index (χ2v) is 6.40. The van der Waals surface area contributed by atoms with Crippen LogP contribution < -0.4 is 0 Å². The number of alkyl halides is 1. The molecule has 18 heavy (non-hydrogen) atoms. The number of hydrogen-bond donors (Lipinski definition) is 0. The molecule has 3 rings (SSSR count). The number of imidazole rings is 1. The summed E-state index contributed by atoms with van der Waals surface area (Å²) in [5, 5.41) is 0.729. The summed E-state index contributed by atoms with van der Waals surface area (Å²) in [7, 11) is 0. The van der Waals surface area contributed by atoms with E-state index in [0.717, 1.165) is 34.1 Å². The van der Waals surface area contributed by atoms with Crippen molar-refractivity contribution in [2.24, 2.45) is 0 Å². The lowest BCUT2D eigenvalue weighted by atomic mass is 10.2. The summed E-state index contributed by atoms with van der Waals surface area (Å²) in [6.45, 7) is 0. The molecular formula is C13H14Cl2N2S. The fourth-order valence-corrected chi connectivity index (χ4v) is 4.10. The summed E-state index contributed by atoms with van der Waals surface area (Å²) >= 11 is 14.1. The molecule has 1 aromatic carbocycles. The third-order valence-electron chi connectivity index (χ3n) is 3.33. The standard InChI is InChI=1S/C13H14Cl2N2S/c14-6-4-12-16-13-10(15)2-1-3-11(13)17(12)9-5-7-18-8-9/h1-3,9H,4-8H2. The first-order valence-corrected chi connectivity index (χ1v) is 8.17. The van der Waals surface area contributed by atoms with Gasteiger partial charge in [-0.25, -0.2) is 4.98 Å². The smallest absolute Gasteiger partial charge is 0.111 e. The Kier molecular flexibility index (Phi) is 3.73. The highest BCUT2D eigenvalue weighted by atomic mass is 35.5. The number of nitrogens with zero attached hydrogens (tertiary/aromatic N) is 2. The Morgan fingerprint density at radius 1 is 1.44 bits per heavy atom. The summed E-state index contributed by atoms with van der Waals surface area (Å²) in [6.07, 6.45) is 2.01. The van der Waals surface area contributed by atoms with Crippen LogP contribution in [-0.2, 0) is 6.42 Å². The molecule has 0 spiro atoms. The number of fused-ring (bicyclic) bond motifs is 1. The van der Waals surface area contributed by atoms with Crippen molar-refractivity contribution in [1.82, 2.24) is 9.55 Å². The summed E-state index contributed by atoms with van der Waals surface area (Å²) in [4.78, 5) is 4.68. The molecule has 0 aliphatic carbocycles. The Labute approximate surface area is 121 Å². The van der Waals surface area contributed by atoms with E-state index in [4.69, 9.17) is 23.2 Å². The second-order valence-electron chi connectivity index (χ2n) is 4.46. The predicted octanol–water partition coefficient (Wildman–Crippen LogP) is 4.15. The lowest BCUT2D eigenvalue weighted by Crippen LogP contribution is -2.12. The van der Waals surface area contributed by atoms with Crippen molar-refractivity contribution in [2.75, 3.05) is 17.4 Å². The number of halogens is 2. The molecule has 0 N–H and O–H groups in total. The molecule has 0 radical (unpaired) electrons. The number of benzene rings is 1. The summed E-state index contributed by atoms with van der Waals surface area (Å²) in [5.74, 6) is 4.06. The second kappa shape index (κ2) is 5.32. The van der Waals surface area contributed by atoms with E-state index in [1.165, 1.54) is 12.2 Å². The first kappa shape index (κ1) is 12.6. The first-order chi connectivity index (χ1) is 8.81. The zero-order valence-electron chi connectivity index (χ0n) is 9.90. The Bertz CT molecular complexity index is 561. The van der Waals surface area contributed by atoms with E-state index < -0.39 is 0 Å². The van der Waals surface area contributed by atoms with E-state index in [-0.39, 0.29) is 0 Å². The van der Waals surface area contributed by atoms with E-state index in [0.29, 0.717) is 11.9 Å². The van der Waals surface area contributed by atoms with Crippen molar-refractivity contribution >= 4 is 46.0 Å². The van der Waals surface area contributed by atoms with Gasteiger partial charge in [0.1, 0.15) is 11.3 Å². The van der Waals surface area contributed by atoms with Gasteiger partial charge in [-0.15, -0.1) is 11.6 Å².